The third-order valence-corrected chi connectivity index (χ3v) is 8.09. The normalized spacial score (nSPS) is 40.9. The quantitative estimate of drug-likeness (QED) is 0.904. The van der Waals surface area contributed by atoms with Gasteiger partial charge in [0.2, 0.25) is 0 Å². The number of imidazole rings is 1. The molecule has 2 saturated heterocycles. The van der Waals surface area contributed by atoms with Crippen molar-refractivity contribution in [2.24, 2.45) is 17.8 Å². The topological polar surface area (TPSA) is 41.3 Å². The fourth-order valence-corrected chi connectivity index (χ4v) is 6.61. The van der Waals surface area contributed by atoms with Crippen LogP contribution in [0.15, 0.2) is 36.8 Å². The fraction of sp³-hybridized carbons (Fsp3) is 0.591. The number of aromatic nitrogens is 2. The zero-order chi connectivity index (χ0) is 17.4. The van der Waals surface area contributed by atoms with Crippen LogP contribution in [0.1, 0.15) is 43.7 Å². The molecule has 4 nitrogen and oxygen atoms in total. The number of piperidine rings is 1. The molecule has 26 heavy (non-hydrogen) atoms. The van der Waals surface area contributed by atoms with Crippen molar-refractivity contribution in [3.63, 3.8) is 0 Å². The molecule has 1 N–H and O–H groups in total. The maximum atomic E-state index is 11.2. The highest BCUT2D eigenvalue weighted by Crippen LogP contribution is 2.55. The van der Waals surface area contributed by atoms with Gasteiger partial charge in [0, 0.05) is 23.6 Å². The Hall–Kier alpha value is -1.65. The highest BCUT2D eigenvalue weighted by molar-refractivity contribution is 5.69. The number of fused-ring (bicyclic) bond motifs is 5. The molecule has 0 radical (unpaired) electrons. The van der Waals surface area contributed by atoms with Crippen molar-refractivity contribution >= 4 is 0 Å². The summed E-state index contributed by atoms with van der Waals surface area (Å²) in [5, 5.41) is 11.2. The Balaban J connectivity index is 1.25. The summed E-state index contributed by atoms with van der Waals surface area (Å²) in [5.74, 6) is 1.54. The van der Waals surface area contributed by atoms with E-state index in [1.807, 2.05) is 12.5 Å². The van der Waals surface area contributed by atoms with Crippen molar-refractivity contribution in [3.05, 3.63) is 42.4 Å². The third kappa shape index (κ3) is 1.95. The van der Waals surface area contributed by atoms with Crippen LogP contribution in [0.2, 0.25) is 0 Å². The predicted octanol–water partition coefficient (Wildman–Crippen LogP) is 3.32. The van der Waals surface area contributed by atoms with Crippen LogP contribution in [0.3, 0.4) is 0 Å². The minimum Gasteiger partial charge on any atom is -0.392 e. The van der Waals surface area contributed by atoms with Crippen molar-refractivity contribution in [3.8, 4) is 11.3 Å². The van der Waals surface area contributed by atoms with Crippen LogP contribution in [-0.4, -0.2) is 44.8 Å². The molecular weight excluding hydrogens is 322 g/mol. The fourth-order valence-electron chi connectivity index (χ4n) is 6.61. The lowest BCUT2D eigenvalue weighted by molar-refractivity contribution is -0.0980. The molecule has 136 valence electrons. The maximum Gasteiger partial charge on any atom is 0.0956 e. The molecular formula is C22H27N3O. The van der Waals surface area contributed by atoms with E-state index in [4.69, 9.17) is 0 Å². The molecule has 6 rings (SSSR count). The second kappa shape index (κ2) is 5.43. The molecule has 4 heteroatoms. The van der Waals surface area contributed by atoms with Crippen LogP contribution in [0.5, 0.6) is 0 Å². The van der Waals surface area contributed by atoms with E-state index in [9.17, 15) is 5.11 Å². The number of aliphatic hydroxyl groups excluding tert-OH is 1. The van der Waals surface area contributed by atoms with Gasteiger partial charge in [0.05, 0.1) is 30.4 Å². The van der Waals surface area contributed by atoms with Crippen molar-refractivity contribution < 1.29 is 5.11 Å². The van der Waals surface area contributed by atoms with Crippen LogP contribution in [0.4, 0.5) is 0 Å². The first-order chi connectivity index (χ1) is 12.7. The smallest absolute Gasteiger partial charge is 0.0956 e. The molecule has 1 aliphatic carbocycles. The van der Waals surface area contributed by atoms with Gasteiger partial charge in [0.1, 0.15) is 0 Å². The molecule has 2 aromatic rings. The van der Waals surface area contributed by atoms with E-state index in [0.29, 0.717) is 17.8 Å². The summed E-state index contributed by atoms with van der Waals surface area (Å²) < 4.78 is 2.30. The Morgan fingerprint density at radius 2 is 1.81 bits per heavy atom. The molecule has 4 aliphatic rings. The summed E-state index contributed by atoms with van der Waals surface area (Å²) in [6.45, 7) is 0. The van der Waals surface area contributed by atoms with Crippen molar-refractivity contribution in [2.75, 3.05) is 7.05 Å². The van der Waals surface area contributed by atoms with Crippen molar-refractivity contribution in [1.82, 2.24) is 14.5 Å². The summed E-state index contributed by atoms with van der Waals surface area (Å²) in [4.78, 5) is 6.98. The first kappa shape index (κ1) is 15.4. The zero-order valence-electron chi connectivity index (χ0n) is 15.3. The Morgan fingerprint density at radius 1 is 1.04 bits per heavy atom. The van der Waals surface area contributed by atoms with E-state index in [1.54, 1.807) is 0 Å². The van der Waals surface area contributed by atoms with Gasteiger partial charge in [-0.3, -0.25) is 0 Å². The van der Waals surface area contributed by atoms with Crippen LogP contribution in [0, 0.1) is 17.8 Å². The third-order valence-electron chi connectivity index (χ3n) is 8.09. The molecule has 3 fully saturated rings. The first-order valence-corrected chi connectivity index (χ1v) is 10.2. The first-order valence-electron chi connectivity index (χ1n) is 10.2. The molecule has 6 atom stereocenters. The molecule has 1 aromatic heterocycles. The number of rotatable bonds is 2. The average Bonchev–Trinajstić information content (AvgIpc) is 3.27. The van der Waals surface area contributed by atoms with Gasteiger partial charge in [-0.05, 0) is 56.6 Å². The van der Waals surface area contributed by atoms with Gasteiger partial charge in [-0.2, -0.15) is 0 Å². The maximum absolute atomic E-state index is 11.2. The molecule has 6 unspecified atom stereocenters. The summed E-state index contributed by atoms with van der Waals surface area (Å²) >= 11 is 0. The van der Waals surface area contributed by atoms with Gasteiger partial charge >= 0.3 is 0 Å². The zero-order valence-corrected chi connectivity index (χ0v) is 15.3. The number of hydrogen-bond acceptors (Lipinski definition) is 3. The molecule has 4 heterocycles. The van der Waals surface area contributed by atoms with Gasteiger partial charge in [-0.25, -0.2) is 4.98 Å². The summed E-state index contributed by atoms with van der Waals surface area (Å²) in [6.07, 6.45) is 10.2. The van der Waals surface area contributed by atoms with Crippen LogP contribution in [0.25, 0.3) is 11.3 Å². The largest absolute Gasteiger partial charge is 0.392 e. The lowest BCUT2D eigenvalue weighted by atomic mass is 9.60. The van der Waals surface area contributed by atoms with Gasteiger partial charge in [0.25, 0.3) is 0 Å². The van der Waals surface area contributed by atoms with Gasteiger partial charge in [-0.1, -0.05) is 24.3 Å². The molecule has 1 saturated carbocycles. The Morgan fingerprint density at radius 3 is 2.58 bits per heavy atom. The van der Waals surface area contributed by atoms with E-state index in [-0.39, 0.29) is 12.1 Å². The molecule has 0 spiro atoms. The van der Waals surface area contributed by atoms with E-state index in [0.717, 1.165) is 18.5 Å². The van der Waals surface area contributed by atoms with Crippen molar-refractivity contribution in [1.29, 1.82) is 0 Å². The molecule has 3 aliphatic heterocycles. The minimum absolute atomic E-state index is 0.172. The standard InChI is InChI=1S/C22H27N3O/c1-24-14-6-7-15(24)9-13(8-14)18-10-19(22(18)26)21-17-5-3-2-4-16(17)20-11-23-12-25(20)21/h2-5,11-15,18-19,21-22,26H,6-10H2,1H3. The monoisotopic (exact) mass is 349 g/mol. The number of nitrogens with zero attached hydrogens (tertiary/aromatic N) is 3. The van der Waals surface area contributed by atoms with Crippen molar-refractivity contribution in [2.45, 2.75) is 56.3 Å². The average molecular weight is 349 g/mol. The SMILES string of the molecule is CN1C2CCC1CC(C1CC(C3c4ccccc4-c4cncn43)C1O)C2. The number of aliphatic hydroxyl groups is 1. The summed E-state index contributed by atoms with van der Waals surface area (Å²) in [6, 6.07) is 10.5. The lowest BCUT2D eigenvalue weighted by Gasteiger charge is -2.51. The van der Waals surface area contributed by atoms with E-state index < -0.39 is 0 Å². The highest BCUT2D eigenvalue weighted by Gasteiger charge is 2.52. The van der Waals surface area contributed by atoms with E-state index in [1.165, 1.54) is 42.5 Å². The van der Waals surface area contributed by atoms with E-state index >= 15 is 0 Å². The van der Waals surface area contributed by atoms with Crippen LogP contribution < -0.4 is 0 Å². The Bertz CT molecular complexity index is 831. The highest BCUT2D eigenvalue weighted by atomic mass is 16.3. The Labute approximate surface area is 154 Å². The predicted molar refractivity (Wildman–Crippen MR) is 101 cm³/mol. The van der Waals surface area contributed by atoms with Gasteiger partial charge in [0.15, 0.2) is 0 Å². The number of hydrogen-bond donors (Lipinski definition) is 1. The van der Waals surface area contributed by atoms with Gasteiger partial charge in [-0.15, -0.1) is 0 Å². The summed E-state index contributed by atoms with van der Waals surface area (Å²) in [5.41, 5.74) is 3.87. The van der Waals surface area contributed by atoms with E-state index in [2.05, 4.69) is 45.8 Å². The van der Waals surface area contributed by atoms with Crippen LogP contribution >= 0.6 is 0 Å². The Kier molecular flexibility index (Phi) is 3.22. The lowest BCUT2D eigenvalue weighted by Crippen LogP contribution is -2.52. The second-order valence-electron chi connectivity index (χ2n) is 9.05. The van der Waals surface area contributed by atoms with Crippen LogP contribution in [-0.2, 0) is 0 Å². The molecule has 0 amide bonds. The minimum atomic E-state index is -0.172. The molecule has 1 aromatic carbocycles. The van der Waals surface area contributed by atoms with Gasteiger partial charge < -0.3 is 14.6 Å². The molecule has 2 bridgehead atoms. The summed E-state index contributed by atoms with van der Waals surface area (Å²) in [7, 11) is 2.30. The second-order valence-corrected chi connectivity index (χ2v) is 9.05. The number of benzene rings is 1.